The van der Waals surface area contributed by atoms with Crippen molar-refractivity contribution < 1.29 is 9.53 Å². The fourth-order valence-electron chi connectivity index (χ4n) is 2.32. The number of amides is 1. The smallest absolute Gasteiger partial charge is 0.253 e. The topological polar surface area (TPSA) is 64.4 Å². The summed E-state index contributed by atoms with van der Waals surface area (Å²) < 4.78 is 5.63. The van der Waals surface area contributed by atoms with E-state index in [-0.39, 0.29) is 17.6 Å². The van der Waals surface area contributed by atoms with Crippen LogP contribution in [0.2, 0.25) is 0 Å². The summed E-state index contributed by atoms with van der Waals surface area (Å²) in [5, 5.41) is 3.03. The molecule has 1 atom stereocenters. The van der Waals surface area contributed by atoms with E-state index in [4.69, 9.17) is 10.5 Å². The van der Waals surface area contributed by atoms with Gasteiger partial charge in [0, 0.05) is 18.3 Å². The zero-order valence-corrected chi connectivity index (χ0v) is 10.9. The van der Waals surface area contributed by atoms with Crippen molar-refractivity contribution in [1.29, 1.82) is 0 Å². The second kappa shape index (κ2) is 4.98. The lowest BCUT2D eigenvalue weighted by Crippen LogP contribution is -2.45. The van der Waals surface area contributed by atoms with Crippen LogP contribution in [0.4, 0.5) is 5.69 Å². The first-order chi connectivity index (χ1) is 8.48. The molecule has 1 aliphatic heterocycles. The zero-order valence-electron chi connectivity index (χ0n) is 10.9. The van der Waals surface area contributed by atoms with Gasteiger partial charge in [-0.1, -0.05) is 12.1 Å². The Labute approximate surface area is 108 Å². The van der Waals surface area contributed by atoms with Crippen LogP contribution in [-0.2, 0) is 4.74 Å². The zero-order chi connectivity index (χ0) is 13.2. The molecule has 0 bridgehead atoms. The summed E-state index contributed by atoms with van der Waals surface area (Å²) in [4.78, 5) is 12.1. The third kappa shape index (κ3) is 3.01. The minimum Gasteiger partial charge on any atom is -0.398 e. The number of ether oxygens (including phenoxy) is 1. The largest absolute Gasteiger partial charge is 0.398 e. The molecule has 98 valence electrons. The molecule has 1 unspecified atom stereocenters. The van der Waals surface area contributed by atoms with Crippen molar-refractivity contribution in [2.75, 3.05) is 12.3 Å². The van der Waals surface area contributed by atoms with Crippen LogP contribution in [0.15, 0.2) is 24.3 Å². The molecule has 2 rings (SSSR count). The van der Waals surface area contributed by atoms with Gasteiger partial charge in [0.05, 0.1) is 11.2 Å². The number of nitrogens with two attached hydrogens (primary N) is 1. The Morgan fingerprint density at radius 1 is 1.44 bits per heavy atom. The van der Waals surface area contributed by atoms with E-state index in [2.05, 4.69) is 5.32 Å². The van der Waals surface area contributed by atoms with Crippen LogP contribution < -0.4 is 11.1 Å². The molecule has 1 fully saturated rings. The molecule has 0 spiro atoms. The molecule has 0 aromatic heterocycles. The molecule has 1 saturated heterocycles. The Kier molecular flexibility index (Phi) is 3.57. The number of hydrogen-bond acceptors (Lipinski definition) is 3. The van der Waals surface area contributed by atoms with E-state index < -0.39 is 0 Å². The third-order valence-electron chi connectivity index (χ3n) is 3.24. The average Bonchev–Trinajstić information content (AvgIpc) is 2.28. The van der Waals surface area contributed by atoms with Gasteiger partial charge in [-0.2, -0.15) is 0 Å². The van der Waals surface area contributed by atoms with Gasteiger partial charge >= 0.3 is 0 Å². The SMILES string of the molecule is CC1(C)CC(NC(=O)c2ccccc2N)CCO1. The molecule has 4 heteroatoms. The molecule has 1 amide bonds. The maximum absolute atomic E-state index is 12.1. The van der Waals surface area contributed by atoms with Crippen LogP contribution in [-0.4, -0.2) is 24.2 Å². The van der Waals surface area contributed by atoms with Crippen molar-refractivity contribution in [3.63, 3.8) is 0 Å². The van der Waals surface area contributed by atoms with E-state index in [1.165, 1.54) is 0 Å². The highest BCUT2D eigenvalue weighted by molar-refractivity contribution is 5.99. The Hall–Kier alpha value is -1.55. The van der Waals surface area contributed by atoms with Gasteiger partial charge in [-0.25, -0.2) is 0 Å². The van der Waals surface area contributed by atoms with E-state index >= 15 is 0 Å². The summed E-state index contributed by atoms with van der Waals surface area (Å²) in [6.45, 7) is 4.77. The Morgan fingerprint density at radius 3 is 2.83 bits per heavy atom. The molecule has 1 aromatic carbocycles. The van der Waals surface area contributed by atoms with Crippen LogP contribution in [0, 0.1) is 0 Å². The number of nitrogens with one attached hydrogen (secondary N) is 1. The number of carbonyl (C=O) groups excluding carboxylic acids is 1. The van der Waals surface area contributed by atoms with E-state index in [1.807, 2.05) is 26.0 Å². The molecular formula is C14H20N2O2. The Bertz CT molecular complexity index is 443. The molecule has 4 nitrogen and oxygen atoms in total. The number of carbonyl (C=O) groups is 1. The Balaban J connectivity index is 2.02. The van der Waals surface area contributed by atoms with E-state index in [9.17, 15) is 4.79 Å². The van der Waals surface area contributed by atoms with E-state index in [1.54, 1.807) is 12.1 Å². The monoisotopic (exact) mass is 248 g/mol. The summed E-state index contributed by atoms with van der Waals surface area (Å²) in [5.41, 5.74) is 6.68. The molecule has 1 aromatic rings. The third-order valence-corrected chi connectivity index (χ3v) is 3.24. The Morgan fingerprint density at radius 2 is 2.17 bits per heavy atom. The van der Waals surface area contributed by atoms with Gasteiger partial charge in [-0.15, -0.1) is 0 Å². The summed E-state index contributed by atoms with van der Waals surface area (Å²) in [6.07, 6.45) is 1.67. The quantitative estimate of drug-likeness (QED) is 0.786. The first-order valence-electron chi connectivity index (χ1n) is 6.27. The maximum atomic E-state index is 12.1. The van der Waals surface area contributed by atoms with E-state index in [0.29, 0.717) is 17.9 Å². The number of hydrogen-bond donors (Lipinski definition) is 2. The minimum atomic E-state index is -0.168. The lowest BCUT2D eigenvalue weighted by Gasteiger charge is -2.35. The fraction of sp³-hybridized carbons (Fsp3) is 0.500. The van der Waals surface area contributed by atoms with E-state index in [0.717, 1.165) is 12.8 Å². The lowest BCUT2D eigenvalue weighted by molar-refractivity contribution is -0.0615. The lowest BCUT2D eigenvalue weighted by atomic mass is 9.93. The van der Waals surface area contributed by atoms with Gasteiger partial charge in [-0.05, 0) is 38.8 Å². The van der Waals surface area contributed by atoms with Gasteiger partial charge in [0.25, 0.3) is 5.91 Å². The summed E-state index contributed by atoms with van der Waals surface area (Å²) in [5.74, 6) is -0.101. The summed E-state index contributed by atoms with van der Waals surface area (Å²) in [6, 6.07) is 7.28. The number of anilines is 1. The number of para-hydroxylation sites is 1. The first-order valence-corrected chi connectivity index (χ1v) is 6.27. The van der Waals surface area contributed by atoms with Gasteiger partial charge in [0.1, 0.15) is 0 Å². The standard InChI is InChI=1S/C14H20N2O2/c1-14(2)9-10(7-8-18-14)16-13(17)11-5-3-4-6-12(11)15/h3-6,10H,7-9,15H2,1-2H3,(H,16,17). The predicted molar refractivity (Wildman–Crippen MR) is 71.4 cm³/mol. The fourth-order valence-corrected chi connectivity index (χ4v) is 2.32. The average molecular weight is 248 g/mol. The molecule has 0 radical (unpaired) electrons. The first kappa shape index (κ1) is 12.9. The van der Waals surface area contributed by atoms with Crippen LogP contribution in [0.1, 0.15) is 37.0 Å². The van der Waals surface area contributed by atoms with Crippen LogP contribution >= 0.6 is 0 Å². The molecule has 18 heavy (non-hydrogen) atoms. The number of rotatable bonds is 2. The second-order valence-corrected chi connectivity index (χ2v) is 5.36. The highest BCUT2D eigenvalue weighted by Gasteiger charge is 2.29. The van der Waals surface area contributed by atoms with Crippen molar-refractivity contribution in [3.05, 3.63) is 29.8 Å². The summed E-state index contributed by atoms with van der Waals surface area (Å²) in [7, 11) is 0. The highest BCUT2D eigenvalue weighted by Crippen LogP contribution is 2.24. The predicted octanol–water partition coefficient (Wildman–Crippen LogP) is 1.96. The van der Waals surface area contributed by atoms with Crippen molar-refractivity contribution in [1.82, 2.24) is 5.32 Å². The molecule has 1 heterocycles. The molecular weight excluding hydrogens is 228 g/mol. The molecule has 0 saturated carbocycles. The van der Waals surface area contributed by atoms with Crippen LogP contribution in [0.3, 0.4) is 0 Å². The highest BCUT2D eigenvalue weighted by atomic mass is 16.5. The van der Waals surface area contributed by atoms with Crippen molar-refractivity contribution in [2.24, 2.45) is 0 Å². The van der Waals surface area contributed by atoms with Crippen molar-refractivity contribution >= 4 is 11.6 Å². The van der Waals surface area contributed by atoms with Crippen LogP contribution in [0.5, 0.6) is 0 Å². The van der Waals surface area contributed by atoms with Crippen molar-refractivity contribution in [2.45, 2.75) is 38.3 Å². The second-order valence-electron chi connectivity index (χ2n) is 5.36. The van der Waals surface area contributed by atoms with Crippen LogP contribution in [0.25, 0.3) is 0 Å². The number of nitrogen functional groups attached to an aromatic ring is 1. The molecule has 0 aliphatic carbocycles. The van der Waals surface area contributed by atoms with Crippen molar-refractivity contribution in [3.8, 4) is 0 Å². The maximum Gasteiger partial charge on any atom is 0.253 e. The molecule has 3 N–H and O–H groups in total. The van der Waals surface area contributed by atoms with Gasteiger partial charge in [0.2, 0.25) is 0 Å². The van der Waals surface area contributed by atoms with Gasteiger partial charge in [-0.3, -0.25) is 4.79 Å². The minimum absolute atomic E-state index is 0.101. The number of benzene rings is 1. The molecule has 1 aliphatic rings. The van der Waals surface area contributed by atoms with Gasteiger partial charge < -0.3 is 15.8 Å². The van der Waals surface area contributed by atoms with Gasteiger partial charge in [0.15, 0.2) is 0 Å². The normalized spacial score (nSPS) is 22.4. The summed E-state index contributed by atoms with van der Waals surface area (Å²) >= 11 is 0.